The van der Waals surface area contributed by atoms with Crippen molar-refractivity contribution in [1.82, 2.24) is 0 Å². The van der Waals surface area contributed by atoms with Crippen LogP contribution >= 0.6 is 0 Å². The molecule has 72 heavy (non-hydrogen) atoms. The highest BCUT2D eigenvalue weighted by molar-refractivity contribution is 7.05. The van der Waals surface area contributed by atoms with Crippen LogP contribution in [0.4, 0.5) is 51.2 Å². The first-order valence-corrected chi connectivity index (χ1v) is 25.0. The second-order valence-corrected chi connectivity index (χ2v) is 19.6. The van der Waals surface area contributed by atoms with Crippen molar-refractivity contribution in [2.45, 2.75) is 0 Å². The number of benzene rings is 11. The number of para-hydroxylation sites is 2. The van der Waals surface area contributed by atoms with E-state index in [0.29, 0.717) is 0 Å². The molecule has 0 aromatic heterocycles. The Morgan fingerprint density at radius 1 is 0.250 bits per heavy atom. The van der Waals surface area contributed by atoms with Gasteiger partial charge in [-0.2, -0.15) is 0 Å². The normalized spacial score (nSPS) is 13.5. The number of hydrogen-bond acceptors (Lipinski definition) is 4. The second kappa shape index (κ2) is 15.1. The topological polar surface area (TPSA) is 19.0 Å². The van der Waals surface area contributed by atoms with Gasteiger partial charge < -0.3 is 19.4 Å². The molecule has 0 amide bonds. The molecule has 4 nitrogen and oxygen atoms in total. The van der Waals surface area contributed by atoms with Crippen LogP contribution in [0.1, 0.15) is 0 Å². The van der Waals surface area contributed by atoms with E-state index in [0.717, 1.165) is 34.2 Å². The summed E-state index contributed by atoms with van der Waals surface area (Å²) in [6.45, 7) is -0.152. The number of rotatable bonds is 6. The van der Waals surface area contributed by atoms with E-state index in [1.165, 1.54) is 106 Å². The van der Waals surface area contributed by atoms with Gasteiger partial charge in [-0.3, -0.25) is 0 Å². The molecule has 0 atom stereocenters. The summed E-state index contributed by atoms with van der Waals surface area (Å²) in [5.41, 5.74) is 27.6. The van der Waals surface area contributed by atoms with Gasteiger partial charge in [-0.05, 0) is 132 Å². The molecule has 0 N–H and O–H groups in total. The summed E-state index contributed by atoms with van der Waals surface area (Å²) in [6.07, 6.45) is 0. The maximum Gasteiger partial charge on any atom is 0.252 e. The molecule has 11 aromatic rings. The van der Waals surface area contributed by atoms with Gasteiger partial charge in [0.2, 0.25) is 0 Å². The number of ether oxygens (including phenoxy) is 1. The van der Waals surface area contributed by atoms with E-state index < -0.39 is 0 Å². The van der Waals surface area contributed by atoms with E-state index in [4.69, 9.17) is 4.74 Å². The van der Waals surface area contributed by atoms with Gasteiger partial charge in [-0.15, -0.1) is 0 Å². The molecule has 0 radical (unpaired) electrons. The Labute approximate surface area is 419 Å². The minimum absolute atomic E-state index is 0.0762. The van der Waals surface area contributed by atoms with E-state index in [-0.39, 0.29) is 13.4 Å². The summed E-state index contributed by atoms with van der Waals surface area (Å²) in [7, 11) is 0. The van der Waals surface area contributed by atoms with Crippen LogP contribution in [-0.2, 0) is 0 Å². The summed E-state index contributed by atoms with van der Waals surface area (Å²) in [5.74, 6) is 1.77. The molecular formula is C66H41B2N3O. The predicted molar refractivity (Wildman–Crippen MR) is 302 cm³/mol. The molecule has 5 heterocycles. The van der Waals surface area contributed by atoms with Crippen molar-refractivity contribution < 1.29 is 4.74 Å². The van der Waals surface area contributed by atoms with E-state index in [9.17, 15) is 0 Å². The van der Waals surface area contributed by atoms with Gasteiger partial charge in [0.15, 0.2) is 11.5 Å². The lowest BCUT2D eigenvalue weighted by molar-refractivity contribution is 0.478. The molecule has 0 fully saturated rings. The fourth-order valence-electron chi connectivity index (χ4n) is 12.8. The van der Waals surface area contributed by atoms with Crippen molar-refractivity contribution in [2.75, 3.05) is 14.7 Å². The molecule has 0 saturated heterocycles. The lowest BCUT2D eigenvalue weighted by Crippen LogP contribution is -2.69. The zero-order chi connectivity index (χ0) is 47.0. The number of anilines is 9. The molecule has 11 aromatic carbocycles. The van der Waals surface area contributed by atoms with Crippen LogP contribution in [-0.4, -0.2) is 13.4 Å². The molecule has 6 heteroatoms. The van der Waals surface area contributed by atoms with Crippen molar-refractivity contribution in [2.24, 2.45) is 0 Å². The molecule has 0 bridgehead atoms. The van der Waals surface area contributed by atoms with E-state index >= 15 is 0 Å². The molecule has 5 aliphatic rings. The van der Waals surface area contributed by atoms with Crippen molar-refractivity contribution >= 4 is 97.4 Å². The Kier molecular flexibility index (Phi) is 8.31. The maximum atomic E-state index is 7.09. The summed E-state index contributed by atoms with van der Waals surface area (Å²) >= 11 is 0. The molecule has 332 valence electrons. The van der Waals surface area contributed by atoms with Crippen molar-refractivity contribution in [1.29, 1.82) is 0 Å². The molecule has 0 unspecified atom stereocenters. The van der Waals surface area contributed by atoms with Crippen molar-refractivity contribution in [3.8, 4) is 56.0 Å². The van der Waals surface area contributed by atoms with Gasteiger partial charge in [0, 0.05) is 39.8 Å². The summed E-state index contributed by atoms with van der Waals surface area (Å²) in [5, 5.41) is 0. The Balaban J connectivity index is 1.05. The molecule has 5 aliphatic heterocycles. The third-order valence-electron chi connectivity index (χ3n) is 15.8. The average molecular weight is 914 g/mol. The highest BCUT2D eigenvalue weighted by atomic mass is 16.5. The average Bonchev–Trinajstić information content (AvgIpc) is 3.46. The third kappa shape index (κ3) is 5.60. The van der Waals surface area contributed by atoms with Crippen LogP contribution in [0.3, 0.4) is 0 Å². The van der Waals surface area contributed by atoms with Gasteiger partial charge in [-0.1, -0.05) is 194 Å². The second-order valence-electron chi connectivity index (χ2n) is 19.6. The maximum absolute atomic E-state index is 7.09. The third-order valence-corrected chi connectivity index (χ3v) is 15.8. The Morgan fingerprint density at radius 2 is 0.625 bits per heavy atom. The summed E-state index contributed by atoms with van der Waals surface area (Å²) < 4.78 is 7.09. The Hall–Kier alpha value is -9.25. The first-order chi connectivity index (χ1) is 35.7. The van der Waals surface area contributed by atoms with Gasteiger partial charge in [0.25, 0.3) is 13.4 Å². The first kappa shape index (κ1) is 39.6. The highest BCUT2D eigenvalue weighted by Gasteiger charge is 2.54. The Bertz CT molecular complexity index is 3790. The number of nitrogens with zero attached hydrogens (tertiary/aromatic N) is 3. The van der Waals surface area contributed by atoms with E-state index in [1.807, 2.05) is 0 Å². The minimum Gasteiger partial charge on any atom is -0.453 e. The SMILES string of the molecule is c1ccc(-c2cccc(N3c4cc(-c5ccccc5)ccc4B4c5cccc6c5N5c7c(cccc7B7c8ccc(-c9ccccc9)cc8N(c8cccc(-c9ccccc9)c8)c8cc3c4c5c87)O6)c2)cc1. The molecule has 16 rings (SSSR count). The lowest BCUT2D eigenvalue weighted by Gasteiger charge is -2.52. The largest absolute Gasteiger partial charge is 0.453 e. The zero-order valence-electron chi connectivity index (χ0n) is 39.1. The number of fused-ring (bicyclic) bond motifs is 6. The predicted octanol–water partition coefficient (Wildman–Crippen LogP) is 13.2. The van der Waals surface area contributed by atoms with Gasteiger partial charge in [0.05, 0.1) is 11.4 Å². The van der Waals surface area contributed by atoms with Crippen LogP contribution in [0.25, 0.3) is 44.5 Å². The Morgan fingerprint density at radius 3 is 1.04 bits per heavy atom. The fourth-order valence-corrected chi connectivity index (χ4v) is 12.8. The quantitative estimate of drug-likeness (QED) is 0.155. The van der Waals surface area contributed by atoms with Crippen LogP contribution in [0.5, 0.6) is 11.5 Å². The molecule has 0 spiro atoms. The van der Waals surface area contributed by atoms with E-state index in [1.54, 1.807) is 0 Å². The molecular weight excluding hydrogens is 872 g/mol. The monoisotopic (exact) mass is 913 g/mol. The summed E-state index contributed by atoms with van der Waals surface area (Å²) in [4.78, 5) is 7.77. The van der Waals surface area contributed by atoms with Crippen LogP contribution < -0.4 is 52.2 Å². The zero-order valence-corrected chi connectivity index (χ0v) is 39.1. The van der Waals surface area contributed by atoms with Crippen LogP contribution in [0, 0.1) is 0 Å². The standard InChI is InChI=1S/C66H41B2N3O/c1-5-17-42(18-6-1)46-25-13-27-50(37-46)69-56-39-48(44-21-9-3-10-22-44)33-35-52(56)67-54-29-15-31-60-64(54)71-65-55(30-16-32-61(65)72-60)68-53-36-34-49(45-23-11-4-12-24-45)40-57(53)70(59-41-58(69)62(67)66(71)63(59)68)51-28-14-26-47(38-51)43-19-7-2-8-20-43/h1-41H. The van der Waals surface area contributed by atoms with E-state index in [2.05, 4.69) is 263 Å². The minimum atomic E-state index is -0.0762. The van der Waals surface area contributed by atoms with Crippen LogP contribution in [0.2, 0.25) is 0 Å². The molecule has 0 saturated carbocycles. The number of hydrogen-bond donors (Lipinski definition) is 0. The smallest absolute Gasteiger partial charge is 0.252 e. The fraction of sp³-hybridized carbons (Fsp3) is 0. The van der Waals surface area contributed by atoms with Crippen LogP contribution in [0.15, 0.2) is 249 Å². The van der Waals surface area contributed by atoms with Gasteiger partial charge in [0.1, 0.15) is 0 Å². The highest BCUT2D eigenvalue weighted by Crippen LogP contribution is 2.56. The van der Waals surface area contributed by atoms with Gasteiger partial charge >= 0.3 is 0 Å². The first-order valence-electron chi connectivity index (χ1n) is 25.0. The van der Waals surface area contributed by atoms with Crippen molar-refractivity contribution in [3.63, 3.8) is 0 Å². The molecule has 0 aliphatic carbocycles. The lowest BCUT2D eigenvalue weighted by atomic mass is 9.28. The van der Waals surface area contributed by atoms with Crippen molar-refractivity contribution in [3.05, 3.63) is 249 Å². The summed E-state index contributed by atoms with van der Waals surface area (Å²) in [6, 6.07) is 91.8. The van der Waals surface area contributed by atoms with Gasteiger partial charge in [-0.25, -0.2) is 0 Å².